The van der Waals surface area contributed by atoms with Crippen molar-refractivity contribution in [2.45, 2.75) is 20.8 Å². The van der Waals surface area contributed by atoms with Crippen LogP contribution in [0.15, 0.2) is 104 Å². The second-order valence-corrected chi connectivity index (χ2v) is 9.23. The van der Waals surface area contributed by atoms with E-state index in [1.807, 2.05) is 19.9 Å². The number of ether oxygens (including phenoxy) is 1. The Labute approximate surface area is 262 Å². The molecular weight excluding hydrogens is 576 g/mol. The van der Waals surface area contributed by atoms with Gasteiger partial charge in [0.25, 0.3) is 0 Å². The number of carbonyl (C=O) groups excluding carboxylic acids is 2. The van der Waals surface area contributed by atoms with Crippen LogP contribution in [0.4, 0.5) is 9.59 Å². The van der Waals surface area contributed by atoms with Crippen LogP contribution in [0.1, 0.15) is 20.8 Å². The van der Waals surface area contributed by atoms with Crippen LogP contribution >= 0.6 is 0 Å². The average molecular weight is 614 g/mol. The Bertz CT molecular complexity index is 1630. The van der Waals surface area contributed by atoms with Crippen LogP contribution in [0.25, 0.3) is 22.5 Å². The Hall–Kier alpha value is -5.69. The largest absolute Gasteiger partial charge is 0.619 e. The van der Waals surface area contributed by atoms with Gasteiger partial charge in [0.1, 0.15) is 24.9 Å². The molecule has 45 heavy (non-hydrogen) atoms. The number of nitrogens with one attached hydrogen (secondary N) is 1. The second-order valence-electron chi connectivity index (χ2n) is 9.23. The maximum Gasteiger partial charge on any atom is 0.424 e. The van der Waals surface area contributed by atoms with E-state index in [1.54, 1.807) is 59.6 Å². The lowest BCUT2D eigenvalue weighted by Gasteiger charge is -2.18. The number of carbonyl (C=O) groups is 2. The number of benzene rings is 1. The minimum Gasteiger partial charge on any atom is -0.619 e. The van der Waals surface area contributed by atoms with Crippen molar-refractivity contribution >= 4 is 12.1 Å². The minimum absolute atomic E-state index is 0.116. The average Bonchev–Trinajstić information content (AvgIpc) is 3.75. The second kappa shape index (κ2) is 17.4. The lowest BCUT2D eigenvalue weighted by molar-refractivity contribution is -0.605. The lowest BCUT2D eigenvalue weighted by atomic mass is 10.2. The molecule has 234 valence electrons. The summed E-state index contributed by atoms with van der Waals surface area (Å²) in [6.45, 7) is 12.6. The molecule has 0 radical (unpaired) electrons. The van der Waals surface area contributed by atoms with Gasteiger partial charge in [0, 0.05) is 37.6 Å². The molecule has 0 saturated carbocycles. The Morgan fingerprint density at radius 2 is 1.38 bits per heavy atom. The van der Waals surface area contributed by atoms with Crippen LogP contribution in [0, 0.1) is 17.3 Å². The quantitative estimate of drug-likeness (QED) is 0.164. The highest BCUT2D eigenvalue weighted by Gasteiger charge is 2.14. The maximum absolute atomic E-state index is 12.1. The number of para-hydroxylation sites is 1. The summed E-state index contributed by atoms with van der Waals surface area (Å²) >= 11 is 0. The fourth-order valence-electron chi connectivity index (χ4n) is 3.84. The highest BCUT2D eigenvalue weighted by atomic mass is 16.6. The number of hydrogen-bond acceptors (Lipinski definition) is 8. The number of imidazole rings is 2. The summed E-state index contributed by atoms with van der Waals surface area (Å²) in [6, 6.07) is 15.4. The van der Waals surface area contributed by atoms with Crippen molar-refractivity contribution in [3.8, 4) is 28.3 Å². The molecule has 4 heterocycles. The summed E-state index contributed by atoms with van der Waals surface area (Å²) in [5.74, 6) is 0.454. The van der Waals surface area contributed by atoms with Crippen LogP contribution in [-0.2, 0) is 0 Å². The Morgan fingerprint density at radius 3 is 1.84 bits per heavy atom. The molecular formula is C32H37N8O5+. The molecule has 0 aliphatic rings. The van der Waals surface area contributed by atoms with Gasteiger partial charge in [-0.15, -0.1) is 0 Å². The first kappa shape index (κ1) is 33.8. The highest BCUT2D eigenvalue weighted by Crippen LogP contribution is 2.16. The third-order valence-corrected chi connectivity index (χ3v) is 6.15. The van der Waals surface area contributed by atoms with Crippen molar-refractivity contribution in [2.24, 2.45) is 0 Å². The van der Waals surface area contributed by atoms with Gasteiger partial charge in [0.2, 0.25) is 0 Å². The summed E-state index contributed by atoms with van der Waals surface area (Å²) in [5.41, 5.74) is 2.43. The lowest BCUT2D eigenvalue weighted by Crippen LogP contribution is -2.33. The van der Waals surface area contributed by atoms with E-state index in [1.165, 1.54) is 52.8 Å². The Morgan fingerprint density at radius 1 is 0.844 bits per heavy atom. The van der Waals surface area contributed by atoms with Gasteiger partial charge >= 0.3 is 12.1 Å². The monoisotopic (exact) mass is 613 g/mol. The third-order valence-electron chi connectivity index (χ3n) is 6.15. The molecule has 0 unspecified atom stereocenters. The molecule has 13 nitrogen and oxygen atoms in total. The zero-order valence-corrected chi connectivity index (χ0v) is 25.5. The molecule has 5 aromatic rings. The van der Waals surface area contributed by atoms with E-state index in [4.69, 9.17) is 4.74 Å². The van der Waals surface area contributed by atoms with Gasteiger partial charge in [0.15, 0.2) is 24.8 Å². The number of amides is 1. The predicted octanol–water partition coefficient (Wildman–Crippen LogP) is 4.15. The van der Waals surface area contributed by atoms with Gasteiger partial charge in [-0.2, -0.15) is 9.46 Å². The van der Waals surface area contributed by atoms with E-state index < -0.39 is 6.09 Å². The predicted molar refractivity (Wildman–Crippen MR) is 169 cm³/mol. The van der Waals surface area contributed by atoms with E-state index in [0.29, 0.717) is 50.8 Å². The summed E-state index contributed by atoms with van der Waals surface area (Å²) < 4.78 is 9.24. The zero-order chi connectivity index (χ0) is 32.6. The molecule has 0 saturated heterocycles. The molecule has 0 spiro atoms. The van der Waals surface area contributed by atoms with Gasteiger partial charge in [-0.1, -0.05) is 25.1 Å². The topological polar surface area (TPSA) is 148 Å². The summed E-state index contributed by atoms with van der Waals surface area (Å²) in [7, 11) is 0. The van der Waals surface area contributed by atoms with Crippen molar-refractivity contribution in [3.05, 3.63) is 122 Å². The fraction of sp³-hybridized carbons (Fsp3) is 0.219. The van der Waals surface area contributed by atoms with Gasteiger partial charge in [-0.25, -0.2) is 24.1 Å². The van der Waals surface area contributed by atoms with Crippen molar-refractivity contribution in [1.29, 1.82) is 0 Å². The first-order valence-corrected chi connectivity index (χ1v) is 14.3. The highest BCUT2D eigenvalue weighted by molar-refractivity contribution is 5.78. The summed E-state index contributed by atoms with van der Waals surface area (Å²) in [5, 5.41) is 25.4. The molecule has 0 atom stereocenters. The van der Waals surface area contributed by atoms with E-state index in [9.17, 15) is 20.0 Å². The van der Waals surface area contributed by atoms with Crippen molar-refractivity contribution in [2.75, 3.05) is 26.2 Å². The smallest absolute Gasteiger partial charge is 0.424 e. The Kier molecular flexibility index (Phi) is 13.1. The van der Waals surface area contributed by atoms with Gasteiger partial charge in [-0.3, -0.25) is 9.88 Å². The number of nitrogens with zero attached hydrogens (tertiary/aromatic N) is 7. The first-order valence-electron chi connectivity index (χ1n) is 14.3. The molecule has 0 fully saturated rings. The molecule has 0 bridgehead atoms. The standard InChI is InChI=1S/C15H11N3O3.C13H16N4O2.C4H10N/c19-15(21-13-6-2-1-3-7-13)17-10-14(16-11-17)12-5-4-8-18(20)9-12;1-3-15(4-2)13(18)16-9-12(14-10-16)11-6-5-7-17(19)8-11;1-3-5-4-2/h1-11H;5-10H,3-4H2,1-2H3;5H,1,3-4H2,2H3/q;;+1. The Balaban J connectivity index is 0.000000215. The van der Waals surface area contributed by atoms with Crippen molar-refractivity contribution in [1.82, 2.24) is 29.3 Å². The van der Waals surface area contributed by atoms with Crippen LogP contribution in [0.3, 0.4) is 0 Å². The molecule has 1 aromatic carbocycles. The molecule has 1 N–H and O–H groups in total. The third kappa shape index (κ3) is 10.2. The molecule has 4 aromatic heterocycles. The van der Waals surface area contributed by atoms with E-state index in [2.05, 4.69) is 29.1 Å². The van der Waals surface area contributed by atoms with Crippen LogP contribution in [-0.4, -0.2) is 62.3 Å². The van der Waals surface area contributed by atoms with Crippen LogP contribution in [0.2, 0.25) is 0 Å². The number of hydrogen-bond donors (Lipinski definition) is 1. The van der Waals surface area contributed by atoms with Crippen molar-refractivity contribution in [3.63, 3.8) is 0 Å². The number of pyridine rings is 2. The molecule has 13 heteroatoms. The SMILES string of the molecule is CCN(CC)C(=O)n1cnc(-c2ccc[n+]([O-])c2)c1.O=C(Oc1ccccc1)n1cnc(-c2ccc[n+]([O-])c2)c1.[CH2+]CNCC. The fourth-order valence-corrected chi connectivity index (χ4v) is 3.84. The van der Waals surface area contributed by atoms with Crippen LogP contribution in [0.5, 0.6) is 5.75 Å². The van der Waals surface area contributed by atoms with Gasteiger partial charge < -0.3 is 20.1 Å². The van der Waals surface area contributed by atoms with E-state index in [0.717, 1.165) is 13.1 Å². The number of aromatic nitrogens is 6. The zero-order valence-electron chi connectivity index (χ0n) is 25.5. The minimum atomic E-state index is -0.564. The van der Waals surface area contributed by atoms with Gasteiger partial charge in [0.05, 0.1) is 29.4 Å². The molecule has 5 rings (SSSR count). The summed E-state index contributed by atoms with van der Waals surface area (Å²) in [6.07, 6.45) is 11.0. The number of rotatable bonds is 7. The molecule has 0 aliphatic heterocycles. The van der Waals surface area contributed by atoms with E-state index in [-0.39, 0.29) is 6.03 Å². The van der Waals surface area contributed by atoms with Crippen LogP contribution < -0.4 is 19.5 Å². The van der Waals surface area contributed by atoms with E-state index >= 15 is 0 Å². The summed E-state index contributed by atoms with van der Waals surface area (Å²) in [4.78, 5) is 34.0. The first-order chi connectivity index (χ1) is 21.8. The molecule has 0 aliphatic carbocycles. The van der Waals surface area contributed by atoms with Gasteiger partial charge in [-0.05, 0) is 44.7 Å². The normalized spacial score (nSPS) is 10.1. The van der Waals surface area contributed by atoms with Crippen molar-refractivity contribution < 1.29 is 23.8 Å². The maximum atomic E-state index is 12.1. The molecule has 1 amide bonds.